The summed E-state index contributed by atoms with van der Waals surface area (Å²) in [5.41, 5.74) is 3.12. The highest BCUT2D eigenvalue weighted by Gasteiger charge is 2.27. The van der Waals surface area contributed by atoms with Gasteiger partial charge in [0, 0.05) is 32.2 Å². The molecule has 2 heterocycles. The van der Waals surface area contributed by atoms with E-state index in [1.165, 1.54) is 10.4 Å². The minimum Gasteiger partial charge on any atom is -0.362 e. The van der Waals surface area contributed by atoms with Gasteiger partial charge in [-0.05, 0) is 42.9 Å². The summed E-state index contributed by atoms with van der Waals surface area (Å²) in [6.45, 7) is 0. The van der Waals surface area contributed by atoms with Crippen molar-refractivity contribution in [3.8, 4) is 0 Å². The fourth-order valence-corrected chi connectivity index (χ4v) is 4.85. The first-order valence-electron chi connectivity index (χ1n) is 9.48. The fourth-order valence-electron chi connectivity index (χ4n) is 3.70. The topological polar surface area (TPSA) is 49.3 Å². The van der Waals surface area contributed by atoms with Crippen LogP contribution in [0.1, 0.15) is 38.8 Å². The van der Waals surface area contributed by atoms with Crippen LogP contribution in [0, 0.1) is 0 Å². The molecule has 1 aliphatic carbocycles. The molecule has 0 unspecified atom stereocenters. The number of carbonyl (C=O) groups excluding carboxylic acids is 1. The van der Waals surface area contributed by atoms with Gasteiger partial charge in [0.1, 0.15) is 5.82 Å². The van der Waals surface area contributed by atoms with Gasteiger partial charge in [-0.25, -0.2) is 9.97 Å². The number of thiazole rings is 1. The van der Waals surface area contributed by atoms with E-state index in [2.05, 4.69) is 35.3 Å². The first-order chi connectivity index (χ1) is 13.5. The first-order valence-corrected chi connectivity index (χ1v) is 10.3. The standard InChI is InChI=1S/C22H24N4OS/c1-25(2)20-17(10-7-13-23-20)21(27)26(3)22-24-18-12-11-16(14-19(18)28-22)15-8-5-4-6-9-15/h4-10,13,16H,11-12,14H2,1-3H3/t16-/m1/s1. The van der Waals surface area contributed by atoms with E-state index < -0.39 is 0 Å². The molecule has 1 atom stereocenters. The molecule has 0 N–H and O–H groups in total. The van der Waals surface area contributed by atoms with Crippen LogP contribution in [0.25, 0.3) is 0 Å². The maximum atomic E-state index is 13.1. The van der Waals surface area contributed by atoms with Crippen molar-refractivity contribution >= 4 is 28.2 Å². The second-order valence-electron chi connectivity index (χ2n) is 7.35. The van der Waals surface area contributed by atoms with Crippen LogP contribution in [0.4, 0.5) is 10.9 Å². The molecule has 1 aromatic carbocycles. The van der Waals surface area contributed by atoms with Gasteiger partial charge in [0.15, 0.2) is 5.13 Å². The molecule has 0 spiro atoms. The van der Waals surface area contributed by atoms with E-state index in [-0.39, 0.29) is 5.91 Å². The van der Waals surface area contributed by atoms with Gasteiger partial charge >= 0.3 is 0 Å². The van der Waals surface area contributed by atoms with E-state index in [9.17, 15) is 4.79 Å². The molecule has 5 nitrogen and oxygen atoms in total. The first kappa shape index (κ1) is 18.6. The minimum atomic E-state index is -0.0810. The highest BCUT2D eigenvalue weighted by molar-refractivity contribution is 7.16. The van der Waals surface area contributed by atoms with Gasteiger partial charge in [-0.3, -0.25) is 9.69 Å². The van der Waals surface area contributed by atoms with E-state index in [0.29, 0.717) is 17.3 Å². The van der Waals surface area contributed by atoms with Gasteiger partial charge in [-0.15, -0.1) is 11.3 Å². The third-order valence-corrected chi connectivity index (χ3v) is 6.43. The zero-order valence-corrected chi connectivity index (χ0v) is 17.2. The number of rotatable bonds is 4. The van der Waals surface area contributed by atoms with Crippen LogP contribution in [-0.2, 0) is 12.8 Å². The van der Waals surface area contributed by atoms with Crippen LogP contribution in [0.15, 0.2) is 48.7 Å². The lowest BCUT2D eigenvalue weighted by atomic mass is 9.85. The summed E-state index contributed by atoms with van der Waals surface area (Å²) in [6, 6.07) is 14.3. The van der Waals surface area contributed by atoms with Crippen molar-refractivity contribution in [2.75, 3.05) is 30.9 Å². The van der Waals surface area contributed by atoms with E-state index in [4.69, 9.17) is 4.98 Å². The third-order valence-electron chi connectivity index (χ3n) is 5.23. The molecule has 2 aromatic heterocycles. The van der Waals surface area contributed by atoms with Crippen molar-refractivity contribution < 1.29 is 4.79 Å². The normalized spacial score (nSPS) is 15.8. The number of anilines is 2. The van der Waals surface area contributed by atoms with Crippen molar-refractivity contribution in [3.63, 3.8) is 0 Å². The van der Waals surface area contributed by atoms with Gasteiger partial charge in [-0.1, -0.05) is 30.3 Å². The Kier molecular flexibility index (Phi) is 5.13. The van der Waals surface area contributed by atoms with Crippen LogP contribution in [0.2, 0.25) is 0 Å². The number of nitrogens with zero attached hydrogens (tertiary/aromatic N) is 4. The van der Waals surface area contributed by atoms with Crippen molar-refractivity contribution in [3.05, 3.63) is 70.4 Å². The summed E-state index contributed by atoms with van der Waals surface area (Å²) in [5.74, 6) is 1.12. The minimum absolute atomic E-state index is 0.0810. The zero-order chi connectivity index (χ0) is 19.7. The monoisotopic (exact) mass is 392 g/mol. The van der Waals surface area contributed by atoms with Crippen LogP contribution in [0.3, 0.4) is 0 Å². The maximum absolute atomic E-state index is 13.1. The Labute approximate surface area is 169 Å². The predicted molar refractivity (Wildman–Crippen MR) is 115 cm³/mol. The highest BCUT2D eigenvalue weighted by Crippen LogP contribution is 2.38. The summed E-state index contributed by atoms with van der Waals surface area (Å²) >= 11 is 1.64. The van der Waals surface area contributed by atoms with Crippen LogP contribution < -0.4 is 9.80 Å². The molecule has 0 aliphatic heterocycles. The SMILES string of the molecule is CN(C)c1ncccc1C(=O)N(C)c1nc2c(s1)C[C@H](c1ccccc1)CC2. The number of hydrogen-bond donors (Lipinski definition) is 0. The lowest BCUT2D eigenvalue weighted by Gasteiger charge is -2.21. The second kappa shape index (κ2) is 7.72. The van der Waals surface area contributed by atoms with Crippen LogP contribution in [-0.4, -0.2) is 37.0 Å². The molecule has 144 valence electrons. The average molecular weight is 393 g/mol. The quantitative estimate of drug-likeness (QED) is 0.669. The van der Waals surface area contributed by atoms with Crippen molar-refractivity contribution in [2.45, 2.75) is 25.2 Å². The largest absolute Gasteiger partial charge is 0.362 e. The smallest absolute Gasteiger partial charge is 0.263 e. The Morgan fingerprint density at radius 3 is 2.64 bits per heavy atom. The van der Waals surface area contributed by atoms with Crippen molar-refractivity contribution in [2.24, 2.45) is 0 Å². The van der Waals surface area contributed by atoms with Gasteiger partial charge in [0.25, 0.3) is 5.91 Å². The molecule has 0 bridgehead atoms. The second-order valence-corrected chi connectivity index (χ2v) is 8.41. The number of pyridine rings is 1. The molecule has 0 radical (unpaired) electrons. The number of aryl methyl sites for hydroxylation is 1. The Bertz CT molecular complexity index is 983. The molecule has 3 aromatic rings. The number of benzene rings is 1. The zero-order valence-electron chi connectivity index (χ0n) is 16.4. The number of fused-ring (bicyclic) bond motifs is 1. The molecular weight excluding hydrogens is 368 g/mol. The average Bonchev–Trinajstić information content (AvgIpc) is 3.16. The van der Waals surface area contributed by atoms with Crippen LogP contribution >= 0.6 is 11.3 Å². The summed E-state index contributed by atoms with van der Waals surface area (Å²) in [6.07, 6.45) is 4.77. The van der Waals surface area contributed by atoms with E-state index in [0.717, 1.165) is 30.1 Å². The van der Waals surface area contributed by atoms with E-state index in [1.54, 1.807) is 35.5 Å². The Morgan fingerprint density at radius 1 is 1.11 bits per heavy atom. The van der Waals surface area contributed by atoms with Gasteiger partial charge in [0.05, 0.1) is 11.3 Å². The molecular formula is C22H24N4OS. The number of amides is 1. The molecule has 6 heteroatoms. The number of hydrogen-bond acceptors (Lipinski definition) is 5. The maximum Gasteiger partial charge on any atom is 0.263 e. The lowest BCUT2D eigenvalue weighted by Crippen LogP contribution is -2.28. The van der Waals surface area contributed by atoms with E-state index >= 15 is 0 Å². The van der Waals surface area contributed by atoms with Crippen molar-refractivity contribution in [1.29, 1.82) is 0 Å². The van der Waals surface area contributed by atoms with Gasteiger partial charge in [0.2, 0.25) is 0 Å². The van der Waals surface area contributed by atoms with Crippen molar-refractivity contribution in [1.82, 2.24) is 9.97 Å². The Balaban J connectivity index is 1.57. The molecule has 0 fully saturated rings. The fraction of sp³-hybridized carbons (Fsp3) is 0.318. The summed E-state index contributed by atoms with van der Waals surface area (Å²) < 4.78 is 0. The summed E-state index contributed by atoms with van der Waals surface area (Å²) in [4.78, 5) is 27.0. The van der Waals surface area contributed by atoms with Gasteiger partial charge < -0.3 is 4.90 Å². The van der Waals surface area contributed by atoms with Gasteiger partial charge in [-0.2, -0.15) is 0 Å². The molecule has 4 rings (SSSR count). The molecule has 28 heavy (non-hydrogen) atoms. The molecule has 1 aliphatic rings. The predicted octanol–water partition coefficient (Wildman–Crippen LogP) is 4.15. The molecule has 0 saturated heterocycles. The summed E-state index contributed by atoms with van der Waals surface area (Å²) in [7, 11) is 5.59. The van der Waals surface area contributed by atoms with E-state index in [1.807, 2.05) is 25.1 Å². The molecule has 0 saturated carbocycles. The number of aromatic nitrogens is 2. The Hall–Kier alpha value is -2.73. The Morgan fingerprint density at radius 2 is 1.89 bits per heavy atom. The number of carbonyl (C=O) groups is 1. The lowest BCUT2D eigenvalue weighted by molar-refractivity contribution is 0.0993. The van der Waals surface area contributed by atoms with Crippen LogP contribution in [0.5, 0.6) is 0 Å². The summed E-state index contributed by atoms with van der Waals surface area (Å²) in [5, 5.41) is 0.761. The molecule has 1 amide bonds. The highest BCUT2D eigenvalue weighted by atomic mass is 32.1. The third kappa shape index (κ3) is 3.52.